The van der Waals surface area contributed by atoms with E-state index in [1.165, 1.54) is 6.26 Å². The average Bonchev–Trinajstić information content (AvgIpc) is 2.83. The molecule has 0 aromatic carbocycles. The highest BCUT2D eigenvalue weighted by Gasteiger charge is 2.12. The van der Waals surface area contributed by atoms with Crippen LogP contribution < -0.4 is 5.32 Å². The van der Waals surface area contributed by atoms with Gasteiger partial charge in [-0.3, -0.25) is 9.78 Å². The average molecular weight is 216 g/mol. The number of nitrogens with zero attached hydrogens (tertiary/aromatic N) is 1. The monoisotopic (exact) mass is 216 g/mol. The van der Waals surface area contributed by atoms with Gasteiger partial charge in [0.15, 0.2) is 5.76 Å². The van der Waals surface area contributed by atoms with Crippen LogP contribution >= 0.6 is 0 Å². The fourth-order valence-electron chi connectivity index (χ4n) is 1.39. The summed E-state index contributed by atoms with van der Waals surface area (Å²) in [4.78, 5) is 15.7. The fourth-order valence-corrected chi connectivity index (χ4v) is 1.39. The molecule has 16 heavy (non-hydrogen) atoms. The van der Waals surface area contributed by atoms with Crippen LogP contribution in [0, 0.1) is 0 Å². The summed E-state index contributed by atoms with van der Waals surface area (Å²) in [6.07, 6.45) is 4.90. The van der Waals surface area contributed by atoms with Gasteiger partial charge in [-0.15, -0.1) is 0 Å². The zero-order chi connectivity index (χ0) is 11.4. The smallest absolute Gasteiger partial charge is 0.287 e. The largest absolute Gasteiger partial charge is 0.459 e. The zero-order valence-electron chi connectivity index (χ0n) is 8.88. The summed E-state index contributed by atoms with van der Waals surface area (Å²) in [7, 11) is 0. The lowest BCUT2D eigenvalue weighted by Crippen LogP contribution is -2.26. The third-order valence-electron chi connectivity index (χ3n) is 2.28. The van der Waals surface area contributed by atoms with Gasteiger partial charge in [0.2, 0.25) is 0 Å². The summed E-state index contributed by atoms with van der Waals surface area (Å²) in [5.41, 5.74) is 0.961. The third-order valence-corrected chi connectivity index (χ3v) is 2.28. The van der Waals surface area contributed by atoms with Gasteiger partial charge in [-0.2, -0.15) is 0 Å². The molecule has 1 amide bonds. The molecule has 2 aromatic rings. The highest BCUT2D eigenvalue weighted by Crippen LogP contribution is 2.11. The Morgan fingerprint density at radius 1 is 1.44 bits per heavy atom. The van der Waals surface area contributed by atoms with Crippen molar-refractivity contribution < 1.29 is 9.21 Å². The van der Waals surface area contributed by atoms with Crippen molar-refractivity contribution in [2.75, 3.05) is 0 Å². The number of pyridine rings is 1. The number of amides is 1. The summed E-state index contributed by atoms with van der Waals surface area (Å²) >= 11 is 0. The Kier molecular flexibility index (Phi) is 3.00. The SMILES string of the molecule is C[C@@H](NC(=O)c1ccco1)c1cccnc1. The number of hydrogen-bond acceptors (Lipinski definition) is 3. The molecule has 0 bridgehead atoms. The van der Waals surface area contributed by atoms with Crippen LogP contribution in [0.4, 0.5) is 0 Å². The lowest BCUT2D eigenvalue weighted by molar-refractivity contribution is 0.0912. The number of nitrogens with one attached hydrogen (secondary N) is 1. The van der Waals surface area contributed by atoms with E-state index in [2.05, 4.69) is 10.3 Å². The summed E-state index contributed by atoms with van der Waals surface area (Å²) in [5, 5.41) is 2.83. The molecule has 0 saturated heterocycles. The molecule has 82 valence electrons. The number of aromatic nitrogens is 1. The lowest BCUT2D eigenvalue weighted by Gasteiger charge is -2.12. The second-order valence-electron chi connectivity index (χ2n) is 3.46. The van der Waals surface area contributed by atoms with Gasteiger partial charge >= 0.3 is 0 Å². The molecule has 0 fully saturated rings. The van der Waals surface area contributed by atoms with Crippen LogP contribution in [0.1, 0.15) is 29.1 Å². The second kappa shape index (κ2) is 4.61. The maximum absolute atomic E-state index is 11.7. The first-order valence-electron chi connectivity index (χ1n) is 5.01. The van der Waals surface area contributed by atoms with E-state index in [1.54, 1.807) is 24.5 Å². The summed E-state index contributed by atoms with van der Waals surface area (Å²) in [5.74, 6) is 0.0945. The first-order chi connectivity index (χ1) is 7.77. The first-order valence-corrected chi connectivity index (χ1v) is 5.01. The molecule has 2 aromatic heterocycles. The van der Waals surface area contributed by atoms with E-state index in [-0.39, 0.29) is 11.9 Å². The van der Waals surface area contributed by atoms with Crippen molar-refractivity contribution in [3.05, 3.63) is 54.2 Å². The van der Waals surface area contributed by atoms with Crippen molar-refractivity contribution in [3.8, 4) is 0 Å². The number of carbonyl (C=O) groups excluding carboxylic acids is 1. The first kappa shape index (κ1) is 10.4. The maximum Gasteiger partial charge on any atom is 0.287 e. The van der Waals surface area contributed by atoms with E-state index in [0.717, 1.165) is 5.56 Å². The van der Waals surface area contributed by atoms with Gasteiger partial charge in [-0.25, -0.2) is 0 Å². The maximum atomic E-state index is 11.7. The molecule has 4 nitrogen and oxygen atoms in total. The van der Waals surface area contributed by atoms with E-state index in [9.17, 15) is 4.79 Å². The lowest BCUT2D eigenvalue weighted by atomic mass is 10.1. The Morgan fingerprint density at radius 3 is 2.94 bits per heavy atom. The van der Waals surface area contributed by atoms with Crippen LogP contribution in [0.2, 0.25) is 0 Å². The summed E-state index contributed by atoms with van der Waals surface area (Å²) in [6, 6.07) is 6.98. The van der Waals surface area contributed by atoms with Gasteiger partial charge in [-0.05, 0) is 30.7 Å². The molecule has 0 radical (unpaired) electrons. The molecule has 0 unspecified atom stereocenters. The minimum atomic E-state index is -0.221. The Balaban J connectivity index is 2.03. The van der Waals surface area contributed by atoms with Gasteiger partial charge < -0.3 is 9.73 Å². The van der Waals surface area contributed by atoms with Crippen molar-refractivity contribution >= 4 is 5.91 Å². The highest BCUT2D eigenvalue weighted by atomic mass is 16.3. The van der Waals surface area contributed by atoms with Gasteiger partial charge in [-0.1, -0.05) is 6.07 Å². The Morgan fingerprint density at radius 2 is 2.31 bits per heavy atom. The van der Waals surface area contributed by atoms with E-state index in [1.807, 2.05) is 19.1 Å². The molecule has 0 aliphatic carbocycles. The molecule has 1 N–H and O–H groups in total. The molecule has 0 aliphatic heterocycles. The highest BCUT2D eigenvalue weighted by molar-refractivity contribution is 5.91. The van der Waals surface area contributed by atoms with Crippen molar-refractivity contribution in [3.63, 3.8) is 0 Å². The predicted octanol–water partition coefficient (Wildman–Crippen LogP) is 2.17. The number of carbonyl (C=O) groups is 1. The van der Waals surface area contributed by atoms with Crippen molar-refractivity contribution in [2.45, 2.75) is 13.0 Å². The van der Waals surface area contributed by atoms with Crippen LogP contribution in [0.5, 0.6) is 0 Å². The van der Waals surface area contributed by atoms with Gasteiger partial charge in [0.1, 0.15) is 0 Å². The number of rotatable bonds is 3. The minimum absolute atomic E-state index is 0.0914. The quantitative estimate of drug-likeness (QED) is 0.855. The van der Waals surface area contributed by atoms with E-state index in [0.29, 0.717) is 5.76 Å². The minimum Gasteiger partial charge on any atom is -0.459 e. The third kappa shape index (κ3) is 2.28. The van der Waals surface area contributed by atoms with Crippen molar-refractivity contribution in [2.24, 2.45) is 0 Å². The Bertz CT molecular complexity index is 451. The Labute approximate surface area is 93.3 Å². The summed E-state index contributed by atoms with van der Waals surface area (Å²) < 4.78 is 5.00. The van der Waals surface area contributed by atoms with E-state index in [4.69, 9.17) is 4.42 Å². The van der Waals surface area contributed by atoms with Crippen molar-refractivity contribution in [1.82, 2.24) is 10.3 Å². The molecule has 1 atom stereocenters. The molecule has 0 spiro atoms. The molecular formula is C12H12N2O2. The van der Waals surface area contributed by atoms with Gasteiger partial charge in [0.25, 0.3) is 5.91 Å². The normalized spacial score (nSPS) is 12.1. The standard InChI is InChI=1S/C12H12N2O2/c1-9(10-4-2-6-13-8-10)14-12(15)11-5-3-7-16-11/h2-9H,1H3,(H,14,15)/t9-/m1/s1. The van der Waals surface area contributed by atoms with Crippen LogP contribution in [0.25, 0.3) is 0 Å². The topological polar surface area (TPSA) is 55.1 Å². The van der Waals surface area contributed by atoms with E-state index >= 15 is 0 Å². The van der Waals surface area contributed by atoms with E-state index < -0.39 is 0 Å². The fraction of sp³-hybridized carbons (Fsp3) is 0.167. The molecule has 0 aliphatic rings. The molecule has 2 rings (SSSR count). The molecule has 0 saturated carbocycles. The number of hydrogen-bond donors (Lipinski definition) is 1. The Hall–Kier alpha value is -2.10. The van der Waals surface area contributed by atoms with Crippen LogP contribution in [0.3, 0.4) is 0 Å². The van der Waals surface area contributed by atoms with Gasteiger partial charge in [0, 0.05) is 12.4 Å². The summed E-state index contributed by atoms with van der Waals surface area (Å²) in [6.45, 7) is 1.90. The van der Waals surface area contributed by atoms with Crippen LogP contribution in [0.15, 0.2) is 47.3 Å². The second-order valence-corrected chi connectivity index (χ2v) is 3.46. The van der Waals surface area contributed by atoms with Crippen molar-refractivity contribution in [1.29, 1.82) is 0 Å². The molecular weight excluding hydrogens is 204 g/mol. The van der Waals surface area contributed by atoms with Crippen LogP contribution in [-0.4, -0.2) is 10.9 Å². The van der Waals surface area contributed by atoms with Crippen LogP contribution in [-0.2, 0) is 0 Å². The predicted molar refractivity (Wildman–Crippen MR) is 58.8 cm³/mol. The molecule has 2 heterocycles. The number of furan rings is 1. The molecule has 4 heteroatoms. The van der Waals surface area contributed by atoms with Gasteiger partial charge in [0.05, 0.1) is 12.3 Å². The zero-order valence-corrected chi connectivity index (χ0v) is 8.88.